The highest BCUT2D eigenvalue weighted by Crippen LogP contribution is 2.21. The molecule has 0 spiro atoms. The molecule has 2 heteroatoms. The third kappa shape index (κ3) is 7.38. The van der Waals surface area contributed by atoms with E-state index in [9.17, 15) is 0 Å². The normalized spacial score (nSPS) is 18.7. The first-order valence-corrected chi connectivity index (χ1v) is 8.15. The van der Waals surface area contributed by atoms with Gasteiger partial charge in [-0.3, -0.25) is 0 Å². The molecule has 1 saturated heterocycles. The number of nitrogens with one attached hydrogen (secondary N) is 1. The molecule has 0 bridgehead atoms. The fourth-order valence-corrected chi connectivity index (χ4v) is 2.90. The summed E-state index contributed by atoms with van der Waals surface area (Å²) in [5.74, 6) is 1.87. The molecule has 1 heterocycles. The lowest BCUT2D eigenvalue weighted by molar-refractivity contribution is 0.179. The lowest BCUT2D eigenvalue weighted by Gasteiger charge is -2.31. The average Bonchev–Trinajstić information content (AvgIpc) is 2.35. The Morgan fingerprint density at radius 2 is 1.89 bits per heavy atom. The van der Waals surface area contributed by atoms with E-state index in [4.69, 9.17) is 0 Å². The zero-order valence-corrected chi connectivity index (χ0v) is 12.9. The first-order chi connectivity index (χ1) is 8.72. The van der Waals surface area contributed by atoms with E-state index in [1.54, 1.807) is 0 Å². The van der Waals surface area contributed by atoms with E-state index < -0.39 is 0 Å². The van der Waals surface area contributed by atoms with Crippen molar-refractivity contribution in [1.82, 2.24) is 10.2 Å². The Morgan fingerprint density at radius 3 is 2.50 bits per heavy atom. The summed E-state index contributed by atoms with van der Waals surface area (Å²) < 4.78 is 0. The largest absolute Gasteiger partial charge is 0.315 e. The number of likely N-dealkylation sites (tertiary alicyclic amines) is 1. The van der Waals surface area contributed by atoms with E-state index >= 15 is 0 Å². The van der Waals surface area contributed by atoms with E-state index in [0.29, 0.717) is 0 Å². The monoisotopic (exact) mass is 254 g/mol. The number of hydrogen-bond acceptors (Lipinski definition) is 2. The molecule has 18 heavy (non-hydrogen) atoms. The molecule has 108 valence electrons. The maximum atomic E-state index is 3.58. The molecule has 0 aromatic heterocycles. The molecule has 0 unspecified atom stereocenters. The number of piperidine rings is 1. The number of rotatable bonds is 9. The summed E-state index contributed by atoms with van der Waals surface area (Å²) in [6, 6.07) is 0. The second-order valence-electron chi connectivity index (χ2n) is 6.36. The van der Waals surface area contributed by atoms with Gasteiger partial charge in [-0.1, -0.05) is 33.6 Å². The first kappa shape index (κ1) is 16.0. The van der Waals surface area contributed by atoms with E-state index in [0.717, 1.165) is 11.8 Å². The van der Waals surface area contributed by atoms with Crippen LogP contribution in [-0.4, -0.2) is 37.6 Å². The molecule has 0 saturated carbocycles. The maximum Gasteiger partial charge on any atom is 0.0107 e. The molecule has 2 nitrogen and oxygen atoms in total. The van der Waals surface area contributed by atoms with Crippen molar-refractivity contribution in [2.75, 3.05) is 32.7 Å². The van der Waals surface area contributed by atoms with Gasteiger partial charge in [-0.05, 0) is 57.2 Å². The van der Waals surface area contributed by atoms with E-state index in [1.807, 2.05) is 0 Å². The maximum absolute atomic E-state index is 3.58. The van der Waals surface area contributed by atoms with Gasteiger partial charge < -0.3 is 10.2 Å². The van der Waals surface area contributed by atoms with Crippen LogP contribution in [0.5, 0.6) is 0 Å². The van der Waals surface area contributed by atoms with Gasteiger partial charge in [-0.2, -0.15) is 0 Å². The van der Waals surface area contributed by atoms with Crippen LogP contribution in [0.2, 0.25) is 0 Å². The predicted octanol–water partition coefficient (Wildman–Crippen LogP) is 3.52. The Hall–Kier alpha value is -0.0800. The van der Waals surface area contributed by atoms with Crippen LogP contribution in [0.3, 0.4) is 0 Å². The van der Waals surface area contributed by atoms with Gasteiger partial charge >= 0.3 is 0 Å². The van der Waals surface area contributed by atoms with Gasteiger partial charge in [-0.15, -0.1) is 0 Å². The third-order valence-corrected chi connectivity index (χ3v) is 4.14. The van der Waals surface area contributed by atoms with Crippen LogP contribution < -0.4 is 5.32 Å². The lowest BCUT2D eigenvalue weighted by atomic mass is 9.92. The van der Waals surface area contributed by atoms with Crippen molar-refractivity contribution in [2.45, 2.75) is 59.3 Å². The number of nitrogens with zero attached hydrogens (tertiary/aromatic N) is 1. The summed E-state index contributed by atoms with van der Waals surface area (Å²) in [7, 11) is 0. The molecule has 0 aromatic carbocycles. The van der Waals surface area contributed by atoms with E-state index in [-0.39, 0.29) is 0 Å². The summed E-state index contributed by atoms with van der Waals surface area (Å²) >= 11 is 0. The van der Waals surface area contributed by atoms with Crippen molar-refractivity contribution in [3.63, 3.8) is 0 Å². The number of hydrogen-bond donors (Lipinski definition) is 1. The molecular weight excluding hydrogens is 220 g/mol. The van der Waals surface area contributed by atoms with Crippen molar-refractivity contribution < 1.29 is 0 Å². The quantitative estimate of drug-likeness (QED) is 0.633. The van der Waals surface area contributed by atoms with Crippen molar-refractivity contribution in [1.29, 1.82) is 0 Å². The van der Waals surface area contributed by atoms with Crippen LogP contribution in [0, 0.1) is 11.8 Å². The van der Waals surface area contributed by atoms with Crippen molar-refractivity contribution >= 4 is 0 Å². The summed E-state index contributed by atoms with van der Waals surface area (Å²) in [4.78, 5) is 2.64. The Morgan fingerprint density at radius 1 is 1.17 bits per heavy atom. The van der Waals surface area contributed by atoms with Crippen LogP contribution in [-0.2, 0) is 0 Å². The highest BCUT2D eigenvalue weighted by Gasteiger charge is 2.17. The molecule has 0 atom stereocenters. The molecule has 0 radical (unpaired) electrons. The SMILES string of the molecule is CCCC1CCN(CCNCCCC(C)C)CC1. The zero-order chi connectivity index (χ0) is 13.2. The highest BCUT2D eigenvalue weighted by molar-refractivity contribution is 4.72. The standard InChI is InChI=1S/C16H34N2/c1-4-6-16-8-12-18(13-9-16)14-11-17-10-5-7-15(2)3/h15-17H,4-14H2,1-3H3. The fourth-order valence-electron chi connectivity index (χ4n) is 2.90. The van der Waals surface area contributed by atoms with Crippen LogP contribution in [0.15, 0.2) is 0 Å². The van der Waals surface area contributed by atoms with Gasteiger partial charge in [0.1, 0.15) is 0 Å². The molecule has 0 amide bonds. The molecule has 0 aliphatic carbocycles. The topological polar surface area (TPSA) is 15.3 Å². The van der Waals surface area contributed by atoms with Crippen molar-refractivity contribution in [3.8, 4) is 0 Å². The van der Waals surface area contributed by atoms with Gasteiger partial charge in [0, 0.05) is 13.1 Å². The minimum absolute atomic E-state index is 0.851. The van der Waals surface area contributed by atoms with Gasteiger partial charge in [0.15, 0.2) is 0 Å². The second kappa shape index (κ2) is 9.80. The zero-order valence-electron chi connectivity index (χ0n) is 12.9. The van der Waals surface area contributed by atoms with Gasteiger partial charge in [-0.25, -0.2) is 0 Å². The Labute approximate surface area is 115 Å². The molecule has 1 N–H and O–H groups in total. The summed E-state index contributed by atoms with van der Waals surface area (Å²) in [5, 5.41) is 3.58. The van der Waals surface area contributed by atoms with Crippen LogP contribution >= 0.6 is 0 Å². The predicted molar refractivity (Wildman–Crippen MR) is 81.0 cm³/mol. The summed E-state index contributed by atoms with van der Waals surface area (Å²) in [5.41, 5.74) is 0. The van der Waals surface area contributed by atoms with Crippen LogP contribution in [0.1, 0.15) is 59.3 Å². The van der Waals surface area contributed by atoms with Crippen LogP contribution in [0.25, 0.3) is 0 Å². The Kier molecular flexibility index (Phi) is 8.70. The van der Waals surface area contributed by atoms with Gasteiger partial charge in [0.05, 0.1) is 0 Å². The fraction of sp³-hybridized carbons (Fsp3) is 1.00. The molecule has 1 rings (SSSR count). The minimum atomic E-state index is 0.851. The molecular formula is C16H34N2. The Balaban J connectivity index is 1.91. The van der Waals surface area contributed by atoms with Crippen molar-refractivity contribution in [3.05, 3.63) is 0 Å². The van der Waals surface area contributed by atoms with E-state index in [2.05, 4.69) is 31.0 Å². The smallest absolute Gasteiger partial charge is 0.0107 e. The third-order valence-electron chi connectivity index (χ3n) is 4.14. The molecule has 1 aliphatic heterocycles. The minimum Gasteiger partial charge on any atom is -0.315 e. The average molecular weight is 254 g/mol. The van der Waals surface area contributed by atoms with E-state index in [1.165, 1.54) is 71.2 Å². The molecule has 1 fully saturated rings. The summed E-state index contributed by atoms with van der Waals surface area (Å²) in [6.45, 7) is 13.2. The summed E-state index contributed by atoms with van der Waals surface area (Å²) in [6.07, 6.45) is 8.36. The van der Waals surface area contributed by atoms with Crippen LogP contribution in [0.4, 0.5) is 0 Å². The lowest BCUT2D eigenvalue weighted by Crippen LogP contribution is -2.38. The second-order valence-corrected chi connectivity index (χ2v) is 6.36. The molecule has 0 aromatic rings. The van der Waals surface area contributed by atoms with Gasteiger partial charge in [0.2, 0.25) is 0 Å². The van der Waals surface area contributed by atoms with Crippen molar-refractivity contribution in [2.24, 2.45) is 11.8 Å². The Bertz CT molecular complexity index is 184. The molecule has 1 aliphatic rings. The van der Waals surface area contributed by atoms with Gasteiger partial charge in [0.25, 0.3) is 0 Å². The first-order valence-electron chi connectivity index (χ1n) is 8.15. The highest BCUT2D eigenvalue weighted by atomic mass is 15.1.